The van der Waals surface area contributed by atoms with Crippen molar-refractivity contribution >= 4 is 11.3 Å². The molecule has 0 atom stereocenters. The van der Waals surface area contributed by atoms with E-state index in [0.29, 0.717) is 12.5 Å². The quantitative estimate of drug-likeness (QED) is 0.899. The lowest BCUT2D eigenvalue weighted by Crippen LogP contribution is -1.97. The van der Waals surface area contributed by atoms with Crippen LogP contribution >= 0.6 is 11.3 Å². The lowest BCUT2D eigenvalue weighted by molar-refractivity contribution is 0.825. The minimum Gasteiger partial charge on any atom is -0.326 e. The van der Waals surface area contributed by atoms with E-state index in [4.69, 9.17) is 5.73 Å². The number of hydrogen-bond acceptors (Lipinski definition) is 3. The summed E-state index contributed by atoms with van der Waals surface area (Å²) in [7, 11) is 0. The predicted molar refractivity (Wildman–Crippen MR) is 73.3 cm³/mol. The van der Waals surface area contributed by atoms with Gasteiger partial charge in [0.15, 0.2) is 0 Å². The van der Waals surface area contributed by atoms with Gasteiger partial charge in [-0.3, -0.25) is 0 Å². The summed E-state index contributed by atoms with van der Waals surface area (Å²) in [5.74, 6) is 0.510. The van der Waals surface area contributed by atoms with Crippen LogP contribution in [0, 0.1) is 0 Å². The normalized spacial score (nSPS) is 11.1. The van der Waals surface area contributed by atoms with Crippen molar-refractivity contribution in [1.29, 1.82) is 0 Å². The van der Waals surface area contributed by atoms with Gasteiger partial charge in [0.05, 0.1) is 10.7 Å². The van der Waals surface area contributed by atoms with Gasteiger partial charge in [0, 0.05) is 18.3 Å². The third kappa shape index (κ3) is 3.14. The number of aromatic nitrogens is 1. The molecule has 0 bridgehead atoms. The van der Waals surface area contributed by atoms with Crippen molar-refractivity contribution in [3.63, 3.8) is 0 Å². The zero-order valence-corrected chi connectivity index (χ0v) is 11.1. The second kappa shape index (κ2) is 5.43. The fourth-order valence-corrected chi connectivity index (χ4v) is 2.70. The standard InChI is InChI=1S/C14H18N2S/c1-10(2)13-9-17-14(16-13)7-11-4-3-5-12(6-11)8-15/h3-6,9-10H,7-8,15H2,1-2H3. The fourth-order valence-electron chi connectivity index (χ4n) is 1.71. The highest BCUT2D eigenvalue weighted by Crippen LogP contribution is 2.20. The topological polar surface area (TPSA) is 38.9 Å². The van der Waals surface area contributed by atoms with Crippen LogP contribution in [0.15, 0.2) is 29.6 Å². The largest absolute Gasteiger partial charge is 0.326 e. The van der Waals surface area contributed by atoms with Gasteiger partial charge in [-0.2, -0.15) is 0 Å². The van der Waals surface area contributed by atoms with Crippen LogP contribution in [0.5, 0.6) is 0 Å². The molecule has 3 heteroatoms. The Labute approximate surface area is 107 Å². The Morgan fingerprint density at radius 2 is 2.06 bits per heavy atom. The smallest absolute Gasteiger partial charge is 0.0972 e. The number of nitrogens with zero attached hydrogens (tertiary/aromatic N) is 1. The molecule has 0 amide bonds. The summed E-state index contributed by atoms with van der Waals surface area (Å²) in [6.45, 7) is 4.95. The highest BCUT2D eigenvalue weighted by molar-refractivity contribution is 7.09. The molecule has 0 aliphatic heterocycles. The summed E-state index contributed by atoms with van der Waals surface area (Å²) in [5.41, 5.74) is 9.31. The molecular formula is C14H18N2S. The Bertz CT molecular complexity index is 488. The van der Waals surface area contributed by atoms with Crippen molar-refractivity contribution in [2.45, 2.75) is 32.7 Å². The first-order valence-corrected chi connectivity index (χ1v) is 6.79. The molecule has 1 aromatic carbocycles. The highest BCUT2D eigenvalue weighted by Gasteiger charge is 2.06. The summed E-state index contributed by atoms with van der Waals surface area (Å²) >= 11 is 1.74. The van der Waals surface area contributed by atoms with E-state index in [1.54, 1.807) is 11.3 Å². The van der Waals surface area contributed by atoms with Crippen LogP contribution < -0.4 is 5.73 Å². The number of thiazole rings is 1. The average molecular weight is 246 g/mol. The van der Waals surface area contributed by atoms with Crippen molar-refractivity contribution in [2.75, 3.05) is 0 Å². The second-order valence-corrected chi connectivity index (χ2v) is 5.46. The van der Waals surface area contributed by atoms with E-state index in [-0.39, 0.29) is 0 Å². The van der Waals surface area contributed by atoms with Crippen LogP contribution in [-0.2, 0) is 13.0 Å². The summed E-state index contributed by atoms with van der Waals surface area (Å²) in [4.78, 5) is 4.65. The Morgan fingerprint density at radius 3 is 2.71 bits per heavy atom. The third-order valence-corrected chi connectivity index (χ3v) is 3.61. The second-order valence-electron chi connectivity index (χ2n) is 4.52. The van der Waals surface area contributed by atoms with Crippen molar-refractivity contribution in [3.8, 4) is 0 Å². The molecule has 0 spiro atoms. The molecule has 2 nitrogen and oxygen atoms in total. The van der Waals surface area contributed by atoms with Gasteiger partial charge in [0.2, 0.25) is 0 Å². The SMILES string of the molecule is CC(C)c1csc(Cc2cccc(CN)c2)n1. The molecule has 0 unspecified atom stereocenters. The van der Waals surface area contributed by atoms with E-state index in [2.05, 4.69) is 48.5 Å². The van der Waals surface area contributed by atoms with Crippen LogP contribution in [0.4, 0.5) is 0 Å². The van der Waals surface area contributed by atoms with Crippen LogP contribution in [0.25, 0.3) is 0 Å². The number of benzene rings is 1. The molecule has 17 heavy (non-hydrogen) atoms. The van der Waals surface area contributed by atoms with Crippen molar-refractivity contribution in [3.05, 3.63) is 51.5 Å². The first kappa shape index (κ1) is 12.3. The number of rotatable bonds is 4. The maximum Gasteiger partial charge on any atom is 0.0972 e. The first-order chi connectivity index (χ1) is 8.19. The molecule has 0 fully saturated rings. The fraction of sp³-hybridized carbons (Fsp3) is 0.357. The van der Waals surface area contributed by atoms with E-state index in [1.807, 2.05) is 0 Å². The average Bonchev–Trinajstić information content (AvgIpc) is 2.78. The molecule has 0 aliphatic carbocycles. The van der Waals surface area contributed by atoms with Crippen molar-refractivity contribution in [2.24, 2.45) is 5.73 Å². The Balaban J connectivity index is 2.13. The van der Waals surface area contributed by atoms with Gasteiger partial charge < -0.3 is 5.73 Å². The Hall–Kier alpha value is -1.19. The molecule has 90 valence electrons. The molecule has 0 aliphatic rings. The minimum atomic E-state index is 0.510. The summed E-state index contributed by atoms with van der Waals surface area (Å²) < 4.78 is 0. The zero-order valence-electron chi connectivity index (χ0n) is 10.3. The highest BCUT2D eigenvalue weighted by atomic mass is 32.1. The summed E-state index contributed by atoms with van der Waals surface area (Å²) in [5, 5.41) is 3.34. The molecule has 2 N–H and O–H groups in total. The zero-order chi connectivity index (χ0) is 12.3. The molecule has 2 rings (SSSR count). The first-order valence-electron chi connectivity index (χ1n) is 5.91. The minimum absolute atomic E-state index is 0.510. The van der Waals surface area contributed by atoms with E-state index in [9.17, 15) is 0 Å². The van der Waals surface area contributed by atoms with Gasteiger partial charge in [-0.1, -0.05) is 38.1 Å². The van der Waals surface area contributed by atoms with Crippen LogP contribution in [0.2, 0.25) is 0 Å². The summed E-state index contributed by atoms with van der Waals surface area (Å²) in [6.07, 6.45) is 0.908. The van der Waals surface area contributed by atoms with E-state index in [0.717, 1.165) is 6.42 Å². The van der Waals surface area contributed by atoms with Crippen LogP contribution in [0.3, 0.4) is 0 Å². The van der Waals surface area contributed by atoms with E-state index >= 15 is 0 Å². The molecule has 1 heterocycles. The van der Waals surface area contributed by atoms with Gasteiger partial charge in [-0.05, 0) is 17.0 Å². The number of nitrogens with two attached hydrogens (primary N) is 1. The molecule has 1 aromatic heterocycles. The Morgan fingerprint density at radius 1 is 1.29 bits per heavy atom. The van der Waals surface area contributed by atoms with Gasteiger partial charge in [0.25, 0.3) is 0 Å². The molecule has 0 saturated carbocycles. The lowest BCUT2D eigenvalue weighted by atomic mass is 10.1. The molecule has 0 radical (unpaired) electrons. The van der Waals surface area contributed by atoms with E-state index < -0.39 is 0 Å². The number of hydrogen-bond donors (Lipinski definition) is 1. The maximum absolute atomic E-state index is 5.64. The third-order valence-electron chi connectivity index (χ3n) is 2.74. The molecule has 0 saturated heterocycles. The van der Waals surface area contributed by atoms with Gasteiger partial charge >= 0.3 is 0 Å². The van der Waals surface area contributed by atoms with Gasteiger partial charge in [0.1, 0.15) is 0 Å². The van der Waals surface area contributed by atoms with E-state index in [1.165, 1.54) is 21.8 Å². The van der Waals surface area contributed by atoms with Crippen molar-refractivity contribution < 1.29 is 0 Å². The van der Waals surface area contributed by atoms with Crippen LogP contribution in [-0.4, -0.2) is 4.98 Å². The molecular weight excluding hydrogens is 228 g/mol. The predicted octanol–water partition coefficient (Wildman–Crippen LogP) is 3.32. The summed E-state index contributed by atoms with van der Waals surface area (Å²) in [6, 6.07) is 8.42. The van der Waals surface area contributed by atoms with Gasteiger partial charge in [-0.25, -0.2) is 4.98 Å². The maximum atomic E-state index is 5.64. The van der Waals surface area contributed by atoms with Gasteiger partial charge in [-0.15, -0.1) is 11.3 Å². The Kier molecular flexibility index (Phi) is 3.92. The monoisotopic (exact) mass is 246 g/mol. The van der Waals surface area contributed by atoms with Crippen molar-refractivity contribution in [1.82, 2.24) is 4.98 Å². The van der Waals surface area contributed by atoms with Crippen LogP contribution in [0.1, 0.15) is 41.6 Å². The molecule has 2 aromatic rings. The lowest BCUT2D eigenvalue weighted by Gasteiger charge is -2.02.